The van der Waals surface area contributed by atoms with Crippen molar-refractivity contribution in [3.63, 3.8) is 0 Å². The SMILES string of the molecule is NC(=O)/C(=C/N1CN=C(c2cc(C(F)(F)F)cc(C(F)(F)F)c2)N1)c1cccnc1F. The molecule has 6 nitrogen and oxygen atoms in total. The topological polar surface area (TPSA) is 83.6 Å². The van der Waals surface area contributed by atoms with Gasteiger partial charge in [0.1, 0.15) is 12.5 Å². The van der Waals surface area contributed by atoms with Crippen LogP contribution < -0.4 is 11.2 Å². The Balaban J connectivity index is 1.94. The van der Waals surface area contributed by atoms with Crippen LogP contribution in [0.2, 0.25) is 0 Å². The first-order valence-electron chi connectivity index (χ1n) is 8.36. The van der Waals surface area contributed by atoms with Crippen molar-refractivity contribution in [2.75, 3.05) is 6.67 Å². The van der Waals surface area contributed by atoms with Gasteiger partial charge in [-0.15, -0.1) is 0 Å². The van der Waals surface area contributed by atoms with Crippen LogP contribution in [0.1, 0.15) is 22.3 Å². The summed E-state index contributed by atoms with van der Waals surface area (Å²) in [6, 6.07) is 3.57. The Hall–Kier alpha value is -3.64. The Morgan fingerprint density at radius 3 is 2.23 bits per heavy atom. The number of carbonyl (C=O) groups is 1. The first-order chi connectivity index (χ1) is 14.4. The van der Waals surface area contributed by atoms with Gasteiger partial charge in [-0.3, -0.25) is 15.2 Å². The lowest BCUT2D eigenvalue weighted by molar-refractivity contribution is -0.143. The molecule has 1 aromatic carbocycles. The molecule has 0 aliphatic carbocycles. The van der Waals surface area contributed by atoms with Crippen LogP contribution in [0.25, 0.3) is 5.57 Å². The number of hydrazine groups is 1. The van der Waals surface area contributed by atoms with E-state index in [0.29, 0.717) is 12.1 Å². The molecule has 3 rings (SSSR count). The average molecular weight is 447 g/mol. The van der Waals surface area contributed by atoms with E-state index in [1.807, 2.05) is 0 Å². The summed E-state index contributed by atoms with van der Waals surface area (Å²) >= 11 is 0. The summed E-state index contributed by atoms with van der Waals surface area (Å²) in [5, 5.41) is 1.05. The molecule has 0 saturated heterocycles. The molecule has 1 aliphatic rings. The van der Waals surface area contributed by atoms with Gasteiger partial charge in [0.2, 0.25) is 5.95 Å². The lowest BCUT2D eigenvalue weighted by Gasteiger charge is -2.17. The molecule has 1 amide bonds. The zero-order valence-electron chi connectivity index (χ0n) is 15.2. The largest absolute Gasteiger partial charge is 0.416 e. The number of alkyl halides is 6. The van der Waals surface area contributed by atoms with Gasteiger partial charge in [0, 0.05) is 23.5 Å². The van der Waals surface area contributed by atoms with Gasteiger partial charge in [-0.05, 0) is 30.3 Å². The number of hydrogen-bond donors (Lipinski definition) is 2. The third-order valence-electron chi connectivity index (χ3n) is 4.09. The molecule has 0 bridgehead atoms. The molecule has 2 heterocycles. The van der Waals surface area contributed by atoms with E-state index in [1.165, 1.54) is 12.1 Å². The fraction of sp³-hybridized carbons (Fsp3) is 0.167. The number of rotatable bonds is 4. The molecule has 0 unspecified atom stereocenters. The second-order valence-electron chi connectivity index (χ2n) is 6.27. The number of benzene rings is 1. The van der Waals surface area contributed by atoms with E-state index in [0.717, 1.165) is 17.4 Å². The number of aliphatic imine (C=N–C) groups is 1. The molecule has 0 saturated carbocycles. The Morgan fingerprint density at radius 1 is 1.10 bits per heavy atom. The standard InChI is InChI=1S/C18H12F7N5O/c19-14-12(2-1-3-27-14)13(15(26)31)7-30-8-28-16(29-30)9-4-10(17(20,21)22)6-11(5-9)18(23,24)25/h1-7H,8H2,(H2,26,31)(H,28,29)/b13-7+. The van der Waals surface area contributed by atoms with E-state index in [9.17, 15) is 35.5 Å². The minimum Gasteiger partial charge on any atom is -0.366 e. The number of nitrogens with one attached hydrogen (secondary N) is 1. The summed E-state index contributed by atoms with van der Waals surface area (Å²) in [7, 11) is 0. The lowest BCUT2D eigenvalue weighted by atomic mass is 10.0. The van der Waals surface area contributed by atoms with Crippen LogP contribution in [0.15, 0.2) is 47.7 Å². The highest BCUT2D eigenvalue weighted by molar-refractivity contribution is 6.18. The van der Waals surface area contributed by atoms with Gasteiger partial charge >= 0.3 is 12.4 Å². The van der Waals surface area contributed by atoms with E-state index in [4.69, 9.17) is 5.73 Å². The quantitative estimate of drug-likeness (QED) is 0.428. The fourth-order valence-electron chi connectivity index (χ4n) is 2.68. The highest BCUT2D eigenvalue weighted by Crippen LogP contribution is 2.36. The number of amides is 1. The monoisotopic (exact) mass is 447 g/mol. The third kappa shape index (κ3) is 4.92. The highest BCUT2D eigenvalue weighted by Gasteiger charge is 2.37. The number of halogens is 7. The molecule has 0 radical (unpaired) electrons. The van der Waals surface area contributed by atoms with Gasteiger partial charge in [-0.2, -0.15) is 30.7 Å². The minimum absolute atomic E-state index is 0.00689. The molecule has 0 fully saturated rings. The van der Waals surface area contributed by atoms with Crippen LogP contribution in [0, 0.1) is 5.95 Å². The van der Waals surface area contributed by atoms with E-state index >= 15 is 0 Å². The number of nitrogens with zero attached hydrogens (tertiary/aromatic N) is 3. The maximum absolute atomic E-state index is 13.9. The molecule has 1 aromatic heterocycles. The van der Waals surface area contributed by atoms with Gasteiger partial charge in [0.15, 0.2) is 0 Å². The van der Waals surface area contributed by atoms with Crippen LogP contribution in [0.5, 0.6) is 0 Å². The summed E-state index contributed by atoms with van der Waals surface area (Å²) in [4.78, 5) is 19.0. The van der Waals surface area contributed by atoms with Crippen LogP contribution in [0.4, 0.5) is 30.7 Å². The van der Waals surface area contributed by atoms with Crippen molar-refractivity contribution in [3.05, 3.63) is 70.9 Å². The Morgan fingerprint density at radius 2 is 1.71 bits per heavy atom. The number of primary amides is 1. The van der Waals surface area contributed by atoms with Gasteiger partial charge in [-0.1, -0.05) is 0 Å². The van der Waals surface area contributed by atoms with E-state index in [1.54, 1.807) is 0 Å². The molecule has 3 N–H and O–H groups in total. The molecule has 2 aromatic rings. The second kappa shape index (κ2) is 7.89. The molecule has 0 spiro atoms. The average Bonchev–Trinajstić information content (AvgIpc) is 3.14. The van der Waals surface area contributed by atoms with Crippen molar-refractivity contribution in [2.45, 2.75) is 12.4 Å². The summed E-state index contributed by atoms with van der Waals surface area (Å²) in [5.41, 5.74) is 3.63. The summed E-state index contributed by atoms with van der Waals surface area (Å²) in [6.07, 6.45) is -7.88. The molecule has 1 aliphatic heterocycles. The van der Waals surface area contributed by atoms with Crippen LogP contribution in [-0.4, -0.2) is 28.4 Å². The summed E-state index contributed by atoms with van der Waals surface area (Å²) < 4.78 is 92.2. The molecule has 164 valence electrons. The number of hydrogen-bond acceptors (Lipinski definition) is 5. The van der Waals surface area contributed by atoms with Gasteiger partial charge < -0.3 is 5.73 Å². The van der Waals surface area contributed by atoms with Crippen molar-refractivity contribution in [1.82, 2.24) is 15.4 Å². The normalized spacial score (nSPS) is 15.0. The van der Waals surface area contributed by atoms with Crippen LogP contribution in [-0.2, 0) is 17.1 Å². The molecular formula is C18H12F7N5O. The van der Waals surface area contributed by atoms with E-state index < -0.39 is 40.9 Å². The number of carbonyl (C=O) groups excluding carboxylic acids is 1. The van der Waals surface area contributed by atoms with Crippen molar-refractivity contribution in [1.29, 1.82) is 0 Å². The highest BCUT2D eigenvalue weighted by atomic mass is 19.4. The van der Waals surface area contributed by atoms with Crippen LogP contribution in [0.3, 0.4) is 0 Å². The first kappa shape index (κ1) is 22.1. The molecular weight excluding hydrogens is 435 g/mol. The van der Waals surface area contributed by atoms with Crippen molar-refractivity contribution < 1.29 is 35.5 Å². The summed E-state index contributed by atoms with van der Waals surface area (Å²) in [5.74, 6) is -2.36. The Bertz CT molecular complexity index is 1040. The molecule has 13 heteroatoms. The number of amidine groups is 1. The number of nitrogens with two attached hydrogens (primary N) is 1. The van der Waals surface area contributed by atoms with Gasteiger partial charge in [-0.25, -0.2) is 9.98 Å². The smallest absolute Gasteiger partial charge is 0.366 e. The Kier molecular flexibility index (Phi) is 5.61. The predicted molar refractivity (Wildman–Crippen MR) is 94.2 cm³/mol. The maximum atomic E-state index is 13.9. The van der Waals surface area contributed by atoms with E-state index in [2.05, 4.69) is 15.4 Å². The van der Waals surface area contributed by atoms with Crippen molar-refractivity contribution in [2.24, 2.45) is 10.7 Å². The van der Waals surface area contributed by atoms with Crippen molar-refractivity contribution in [3.8, 4) is 0 Å². The predicted octanol–water partition coefficient (Wildman–Crippen LogP) is 3.31. The van der Waals surface area contributed by atoms with Crippen molar-refractivity contribution >= 4 is 17.3 Å². The second-order valence-corrected chi connectivity index (χ2v) is 6.27. The van der Waals surface area contributed by atoms with Crippen LogP contribution >= 0.6 is 0 Å². The molecule has 31 heavy (non-hydrogen) atoms. The number of pyridine rings is 1. The Labute approximate surface area is 169 Å². The lowest BCUT2D eigenvalue weighted by Crippen LogP contribution is -2.33. The minimum atomic E-state index is -5.02. The van der Waals surface area contributed by atoms with Gasteiger partial charge in [0.25, 0.3) is 5.91 Å². The summed E-state index contributed by atoms with van der Waals surface area (Å²) in [6.45, 7) is -0.300. The number of aromatic nitrogens is 1. The molecule has 0 atom stereocenters. The fourth-order valence-corrected chi connectivity index (χ4v) is 2.68. The first-order valence-corrected chi connectivity index (χ1v) is 8.36. The van der Waals surface area contributed by atoms with Gasteiger partial charge in [0.05, 0.1) is 16.7 Å². The zero-order valence-corrected chi connectivity index (χ0v) is 15.2. The maximum Gasteiger partial charge on any atom is 0.416 e. The third-order valence-corrected chi connectivity index (χ3v) is 4.09. The van der Waals surface area contributed by atoms with E-state index in [-0.39, 0.29) is 29.7 Å². The zero-order chi connectivity index (χ0) is 23.0.